The summed E-state index contributed by atoms with van der Waals surface area (Å²) in [5, 5.41) is 5.06. The molecule has 1 N–H and O–H groups in total. The third-order valence-electron chi connectivity index (χ3n) is 6.21. The fraction of sp³-hybridized carbons (Fsp3) is 0.360. The summed E-state index contributed by atoms with van der Waals surface area (Å²) in [6.07, 6.45) is 2.74. The van der Waals surface area contributed by atoms with E-state index in [2.05, 4.69) is 58.7 Å². The van der Waals surface area contributed by atoms with E-state index in [1.807, 2.05) is 30.5 Å². The second kappa shape index (κ2) is 9.61. The SMILES string of the molecule is COCCCN1C(=S)N[C@H](c2ccccn2)[C@@H]1c1cc(C)n(-c2cccc(Cl)c2C)c1C. The topological polar surface area (TPSA) is 42.3 Å². The van der Waals surface area contributed by atoms with E-state index < -0.39 is 0 Å². The van der Waals surface area contributed by atoms with E-state index >= 15 is 0 Å². The third-order valence-corrected chi connectivity index (χ3v) is 6.98. The first kappa shape index (κ1) is 22.8. The van der Waals surface area contributed by atoms with Gasteiger partial charge in [-0.2, -0.15) is 0 Å². The quantitative estimate of drug-likeness (QED) is 0.368. The van der Waals surface area contributed by atoms with E-state index in [9.17, 15) is 0 Å². The zero-order valence-corrected chi connectivity index (χ0v) is 20.5. The highest BCUT2D eigenvalue weighted by molar-refractivity contribution is 7.80. The summed E-state index contributed by atoms with van der Waals surface area (Å²) in [6.45, 7) is 7.89. The van der Waals surface area contributed by atoms with E-state index in [1.54, 1.807) is 7.11 Å². The maximum Gasteiger partial charge on any atom is 0.170 e. The van der Waals surface area contributed by atoms with Crippen LogP contribution in [0.25, 0.3) is 5.69 Å². The van der Waals surface area contributed by atoms with Gasteiger partial charge in [0.05, 0.1) is 17.8 Å². The van der Waals surface area contributed by atoms with E-state index in [0.717, 1.165) is 45.7 Å². The number of thiocarbonyl (C=S) groups is 1. The first-order chi connectivity index (χ1) is 15.4. The lowest BCUT2D eigenvalue weighted by atomic mass is 9.96. The lowest BCUT2D eigenvalue weighted by molar-refractivity contribution is 0.180. The lowest BCUT2D eigenvalue weighted by Crippen LogP contribution is -2.31. The molecule has 5 nitrogen and oxygen atoms in total. The van der Waals surface area contributed by atoms with Gasteiger partial charge in [0.1, 0.15) is 0 Å². The van der Waals surface area contributed by atoms with Gasteiger partial charge in [0.15, 0.2) is 5.11 Å². The summed E-state index contributed by atoms with van der Waals surface area (Å²) in [5.74, 6) is 0. The molecule has 3 aromatic rings. The number of ether oxygens (including phenoxy) is 1. The highest BCUT2D eigenvalue weighted by Crippen LogP contribution is 2.41. The molecule has 1 aliphatic rings. The van der Waals surface area contributed by atoms with Gasteiger partial charge >= 0.3 is 0 Å². The molecule has 1 saturated heterocycles. The predicted octanol–water partition coefficient (Wildman–Crippen LogP) is 5.46. The molecule has 4 rings (SSSR count). The number of benzene rings is 1. The molecule has 0 saturated carbocycles. The number of aryl methyl sites for hydroxylation is 1. The van der Waals surface area contributed by atoms with Crippen molar-refractivity contribution in [2.45, 2.75) is 39.3 Å². The molecule has 1 fully saturated rings. The molecule has 0 spiro atoms. The Kier molecular flexibility index (Phi) is 6.84. The van der Waals surface area contributed by atoms with Crippen molar-refractivity contribution in [3.8, 4) is 5.69 Å². The van der Waals surface area contributed by atoms with Crippen molar-refractivity contribution in [2.75, 3.05) is 20.3 Å². The summed E-state index contributed by atoms with van der Waals surface area (Å²) in [6, 6.07) is 14.4. The van der Waals surface area contributed by atoms with Crippen molar-refractivity contribution in [3.05, 3.63) is 81.9 Å². The molecule has 2 aromatic heterocycles. The van der Waals surface area contributed by atoms with Gasteiger partial charge < -0.3 is 19.5 Å². The van der Waals surface area contributed by atoms with Crippen LogP contribution >= 0.6 is 23.8 Å². The average Bonchev–Trinajstić information content (AvgIpc) is 3.26. The average molecular weight is 469 g/mol. The highest BCUT2D eigenvalue weighted by Gasteiger charge is 2.41. The smallest absolute Gasteiger partial charge is 0.170 e. The monoisotopic (exact) mass is 468 g/mol. The third kappa shape index (κ3) is 4.15. The minimum absolute atomic E-state index is 0.0272. The highest BCUT2D eigenvalue weighted by atomic mass is 35.5. The normalized spacial score (nSPS) is 18.3. The number of nitrogens with one attached hydrogen (secondary N) is 1. The van der Waals surface area contributed by atoms with Gasteiger partial charge in [-0.15, -0.1) is 0 Å². The summed E-state index contributed by atoms with van der Waals surface area (Å²) < 4.78 is 7.59. The molecule has 2 atom stereocenters. The Morgan fingerprint density at radius 2 is 1.97 bits per heavy atom. The maximum atomic E-state index is 6.45. The van der Waals surface area contributed by atoms with Crippen molar-refractivity contribution in [2.24, 2.45) is 0 Å². The van der Waals surface area contributed by atoms with Gasteiger partial charge in [-0.05, 0) is 80.9 Å². The van der Waals surface area contributed by atoms with Crippen LogP contribution in [0.3, 0.4) is 0 Å². The van der Waals surface area contributed by atoms with Crippen LogP contribution in [-0.4, -0.2) is 39.8 Å². The fourth-order valence-corrected chi connectivity index (χ4v) is 5.16. The molecule has 168 valence electrons. The van der Waals surface area contributed by atoms with Crippen molar-refractivity contribution < 1.29 is 4.74 Å². The summed E-state index contributed by atoms with van der Waals surface area (Å²) in [5.41, 5.74) is 6.74. The molecule has 32 heavy (non-hydrogen) atoms. The number of halogens is 1. The van der Waals surface area contributed by atoms with Crippen molar-refractivity contribution in [3.63, 3.8) is 0 Å². The van der Waals surface area contributed by atoms with Crippen molar-refractivity contribution in [1.82, 2.24) is 19.8 Å². The van der Waals surface area contributed by atoms with Gasteiger partial charge in [-0.3, -0.25) is 4.98 Å². The van der Waals surface area contributed by atoms with Crippen LogP contribution < -0.4 is 5.32 Å². The van der Waals surface area contributed by atoms with Crippen molar-refractivity contribution in [1.29, 1.82) is 0 Å². The molecule has 1 aromatic carbocycles. The number of rotatable bonds is 7. The van der Waals surface area contributed by atoms with Gasteiger partial charge in [-0.25, -0.2) is 0 Å². The molecule has 0 bridgehead atoms. The Morgan fingerprint density at radius 1 is 1.16 bits per heavy atom. The van der Waals surface area contributed by atoms with Crippen LogP contribution in [0.15, 0.2) is 48.7 Å². The van der Waals surface area contributed by atoms with Crippen molar-refractivity contribution >= 4 is 28.9 Å². The second-order valence-corrected chi connectivity index (χ2v) is 9.01. The Hall–Kier alpha value is -2.41. The number of hydrogen-bond donors (Lipinski definition) is 1. The van der Waals surface area contributed by atoms with Gasteiger partial charge in [0, 0.05) is 48.6 Å². The zero-order valence-electron chi connectivity index (χ0n) is 18.9. The number of hydrogen-bond acceptors (Lipinski definition) is 3. The summed E-state index contributed by atoms with van der Waals surface area (Å²) in [7, 11) is 1.73. The summed E-state index contributed by atoms with van der Waals surface area (Å²) >= 11 is 12.2. The second-order valence-electron chi connectivity index (χ2n) is 8.21. The van der Waals surface area contributed by atoms with Crippen LogP contribution in [0.4, 0.5) is 0 Å². The Balaban J connectivity index is 1.82. The molecule has 0 aliphatic carbocycles. The van der Waals surface area contributed by atoms with Crippen LogP contribution in [0.5, 0.6) is 0 Å². The van der Waals surface area contributed by atoms with E-state index in [4.69, 9.17) is 28.6 Å². The van der Waals surface area contributed by atoms with Gasteiger partial charge in [0.25, 0.3) is 0 Å². The maximum absolute atomic E-state index is 6.45. The van der Waals surface area contributed by atoms with Crippen LogP contribution in [0, 0.1) is 20.8 Å². The number of nitrogens with zero attached hydrogens (tertiary/aromatic N) is 3. The first-order valence-electron chi connectivity index (χ1n) is 10.9. The number of pyridine rings is 1. The van der Waals surface area contributed by atoms with E-state index in [-0.39, 0.29) is 12.1 Å². The Bertz CT molecular complexity index is 1110. The lowest BCUT2D eigenvalue weighted by Gasteiger charge is -2.28. The predicted molar refractivity (Wildman–Crippen MR) is 134 cm³/mol. The molecule has 0 amide bonds. The first-order valence-corrected chi connectivity index (χ1v) is 11.6. The van der Waals surface area contributed by atoms with Crippen LogP contribution in [-0.2, 0) is 4.74 Å². The molecule has 1 aliphatic heterocycles. The number of aromatic nitrogens is 2. The molecular formula is C25H29ClN4OS. The number of methoxy groups -OCH3 is 1. The molecule has 3 heterocycles. The van der Waals surface area contributed by atoms with Crippen LogP contribution in [0.1, 0.15) is 46.7 Å². The van der Waals surface area contributed by atoms with Crippen LogP contribution in [0.2, 0.25) is 5.02 Å². The molecular weight excluding hydrogens is 440 g/mol. The van der Waals surface area contributed by atoms with Gasteiger partial charge in [-0.1, -0.05) is 23.7 Å². The fourth-order valence-electron chi connectivity index (χ4n) is 4.66. The Labute approximate surface area is 200 Å². The summed E-state index contributed by atoms with van der Waals surface area (Å²) in [4.78, 5) is 6.93. The van der Waals surface area contributed by atoms with E-state index in [1.165, 1.54) is 11.3 Å². The van der Waals surface area contributed by atoms with E-state index in [0.29, 0.717) is 6.61 Å². The molecule has 7 heteroatoms. The minimum atomic E-state index is -0.0272. The molecule has 0 radical (unpaired) electrons. The Morgan fingerprint density at radius 3 is 2.69 bits per heavy atom. The minimum Gasteiger partial charge on any atom is -0.385 e. The largest absolute Gasteiger partial charge is 0.385 e. The van der Waals surface area contributed by atoms with Gasteiger partial charge in [0.2, 0.25) is 0 Å². The standard InChI is InChI=1S/C25H29ClN4OS/c1-16-15-19(18(3)30(16)22-11-7-9-20(26)17(22)2)24-23(21-10-5-6-12-27-21)28-25(32)29(24)13-8-14-31-4/h5-7,9-12,15,23-24H,8,13-14H2,1-4H3,(H,28,32)/t23-,24+/m1/s1. The molecule has 0 unspecified atom stereocenters. The zero-order chi connectivity index (χ0) is 22.8.